The van der Waals surface area contributed by atoms with Gasteiger partial charge in [0.05, 0.1) is 0 Å². The maximum Gasteiger partial charge on any atom is 0.191 e. The second-order valence-electron chi connectivity index (χ2n) is 6.52. The Hall–Kier alpha value is -0.890. The maximum absolute atomic E-state index is 13.2. The average Bonchev–Trinajstić information content (AvgIpc) is 3.02. The van der Waals surface area contributed by atoms with Gasteiger partial charge in [-0.25, -0.2) is 4.39 Å². The molecule has 2 rings (SSSR count). The highest BCUT2D eigenvalue weighted by atomic mass is 127. The predicted molar refractivity (Wildman–Crippen MR) is 114 cm³/mol. The van der Waals surface area contributed by atoms with Crippen molar-refractivity contribution in [3.63, 3.8) is 0 Å². The predicted octanol–water partition coefficient (Wildman–Crippen LogP) is 3.19. The van der Waals surface area contributed by atoms with E-state index < -0.39 is 0 Å². The van der Waals surface area contributed by atoms with Crippen LogP contribution in [0.4, 0.5) is 4.39 Å². The molecule has 1 unspecified atom stereocenters. The molecule has 25 heavy (non-hydrogen) atoms. The van der Waals surface area contributed by atoms with E-state index in [1.807, 2.05) is 13.0 Å². The average molecular weight is 462 g/mol. The molecule has 1 heterocycles. The van der Waals surface area contributed by atoms with Crippen molar-refractivity contribution in [2.75, 3.05) is 39.3 Å². The van der Waals surface area contributed by atoms with Crippen molar-refractivity contribution in [2.24, 2.45) is 10.9 Å². The molecule has 0 radical (unpaired) electrons. The van der Waals surface area contributed by atoms with Crippen molar-refractivity contribution in [1.82, 2.24) is 15.5 Å². The molecule has 1 aromatic rings. The van der Waals surface area contributed by atoms with Gasteiger partial charge >= 0.3 is 0 Å². The summed E-state index contributed by atoms with van der Waals surface area (Å²) in [6.07, 6.45) is 2.11. The van der Waals surface area contributed by atoms with E-state index in [0.717, 1.165) is 50.7 Å². The summed E-state index contributed by atoms with van der Waals surface area (Å²) in [6.45, 7) is 12.3. The SMILES string of the molecule is CCNC(=NCC1CCN(CC)C1)NCCc1ccc(F)cc1C.I. The Kier molecular flexibility index (Phi) is 10.3. The molecule has 0 spiro atoms. The molecule has 4 nitrogen and oxygen atoms in total. The zero-order chi connectivity index (χ0) is 17.4. The summed E-state index contributed by atoms with van der Waals surface area (Å²) in [5.74, 6) is 1.38. The van der Waals surface area contributed by atoms with Gasteiger partial charge in [0.15, 0.2) is 5.96 Å². The highest BCUT2D eigenvalue weighted by molar-refractivity contribution is 14.0. The van der Waals surface area contributed by atoms with Gasteiger partial charge in [-0.05, 0) is 69.0 Å². The highest BCUT2D eigenvalue weighted by Gasteiger charge is 2.20. The molecule has 1 aliphatic rings. The van der Waals surface area contributed by atoms with Gasteiger partial charge in [0.1, 0.15) is 5.82 Å². The Bertz CT molecular complexity index is 550. The van der Waals surface area contributed by atoms with Crippen molar-refractivity contribution >= 4 is 29.9 Å². The molecule has 1 aliphatic heterocycles. The molecule has 1 aromatic carbocycles. The number of nitrogens with one attached hydrogen (secondary N) is 2. The molecule has 6 heteroatoms. The number of guanidine groups is 1. The van der Waals surface area contributed by atoms with Gasteiger partial charge in [-0.15, -0.1) is 24.0 Å². The van der Waals surface area contributed by atoms with Crippen molar-refractivity contribution in [3.8, 4) is 0 Å². The van der Waals surface area contributed by atoms with Crippen LogP contribution in [0.15, 0.2) is 23.2 Å². The zero-order valence-corrected chi connectivity index (χ0v) is 18.0. The van der Waals surface area contributed by atoms with Crippen LogP contribution >= 0.6 is 24.0 Å². The second-order valence-corrected chi connectivity index (χ2v) is 6.52. The molecule has 0 aromatic heterocycles. The first kappa shape index (κ1) is 22.2. The first-order chi connectivity index (χ1) is 11.6. The summed E-state index contributed by atoms with van der Waals surface area (Å²) in [6, 6.07) is 4.99. The number of aryl methyl sites for hydroxylation is 1. The van der Waals surface area contributed by atoms with Gasteiger partial charge in [0, 0.05) is 26.2 Å². The van der Waals surface area contributed by atoms with Gasteiger partial charge in [0.25, 0.3) is 0 Å². The van der Waals surface area contributed by atoms with Crippen LogP contribution < -0.4 is 10.6 Å². The summed E-state index contributed by atoms with van der Waals surface area (Å²) in [4.78, 5) is 7.22. The van der Waals surface area contributed by atoms with E-state index in [4.69, 9.17) is 4.99 Å². The lowest BCUT2D eigenvalue weighted by Gasteiger charge is -2.14. The summed E-state index contributed by atoms with van der Waals surface area (Å²) in [7, 11) is 0. The number of benzene rings is 1. The number of hydrogen-bond donors (Lipinski definition) is 2. The molecule has 0 amide bonds. The van der Waals surface area contributed by atoms with Crippen LogP contribution in [0.3, 0.4) is 0 Å². The topological polar surface area (TPSA) is 39.7 Å². The number of halogens is 2. The van der Waals surface area contributed by atoms with Crippen LogP contribution in [0, 0.1) is 18.7 Å². The fraction of sp³-hybridized carbons (Fsp3) is 0.632. The molecule has 1 saturated heterocycles. The van der Waals surface area contributed by atoms with Crippen LogP contribution in [0.2, 0.25) is 0 Å². The van der Waals surface area contributed by atoms with E-state index in [9.17, 15) is 4.39 Å². The number of hydrogen-bond acceptors (Lipinski definition) is 2. The van der Waals surface area contributed by atoms with Crippen molar-refractivity contribution < 1.29 is 4.39 Å². The lowest BCUT2D eigenvalue weighted by Crippen LogP contribution is -2.38. The van der Waals surface area contributed by atoms with Gasteiger partial charge in [-0.2, -0.15) is 0 Å². The van der Waals surface area contributed by atoms with Crippen LogP contribution in [0.1, 0.15) is 31.4 Å². The minimum absolute atomic E-state index is 0. The molecular weight excluding hydrogens is 430 g/mol. The normalized spacial score (nSPS) is 18.1. The Morgan fingerprint density at radius 3 is 2.76 bits per heavy atom. The summed E-state index contributed by atoms with van der Waals surface area (Å²) >= 11 is 0. The Balaban J connectivity index is 0.00000312. The minimum atomic E-state index is -0.170. The molecule has 2 N–H and O–H groups in total. The third kappa shape index (κ3) is 7.48. The van der Waals surface area contributed by atoms with E-state index >= 15 is 0 Å². The van der Waals surface area contributed by atoms with E-state index in [1.54, 1.807) is 6.07 Å². The summed E-state index contributed by atoms with van der Waals surface area (Å²) < 4.78 is 13.2. The Morgan fingerprint density at radius 1 is 1.32 bits per heavy atom. The van der Waals surface area contributed by atoms with Gasteiger partial charge < -0.3 is 15.5 Å². The van der Waals surface area contributed by atoms with Crippen molar-refractivity contribution in [3.05, 3.63) is 35.1 Å². The summed E-state index contributed by atoms with van der Waals surface area (Å²) in [5.41, 5.74) is 2.18. The fourth-order valence-electron chi connectivity index (χ4n) is 3.17. The van der Waals surface area contributed by atoms with Crippen molar-refractivity contribution in [1.29, 1.82) is 0 Å². The van der Waals surface area contributed by atoms with Crippen LogP contribution in [0.25, 0.3) is 0 Å². The largest absolute Gasteiger partial charge is 0.357 e. The van der Waals surface area contributed by atoms with Crippen LogP contribution in [0.5, 0.6) is 0 Å². The van der Waals surface area contributed by atoms with Crippen LogP contribution in [-0.2, 0) is 6.42 Å². The van der Waals surface area contributed by atoms with Gasteiger partial charge in [-0.1, -0.05) is 13.0 Å². The van der Waals surface area contributed by atoms with Crippen molar-refractivity contribution in [2.45, 2.75) is 33.6 Å². The monoisotopic (exact) mass is 462 g/mol. The van der Waals surface area contributed by atoms with Crippen LogP contribution in [-0.4, -0.2) is 50.1 Å². The number of aliphatic imine (C=N–C) groups is 1. The van der Waals surface area contributed by atoms with Gasteiger partial charge in [0.2, 0.25) is 0 Å². The second kappa shape index (κ2) is 11.7. The fourth-order valence-corrected chi connectivity index (χ4v) is 3.17. The lowest BCUT2D eigenvalue weighted by molar-refractivity contribution is 0.343. The molecule has 142 valence electrons. The Labute approximate surface area is 168 Å². The third-order valence-corrected chi connectivity index (χ3v) is 4.66. The van der Waals surface area contributed by atoms with Gasteiger partial charge in [-0.3, -0.25) is 4.99 Å². The Morgan fingerprint density at radius 2 is 2.12 bits per heavy atom. The summed E-state index contributed by atoms with van der Waals surface area (Å²) in [5, 5.41) is 6.70. The highest BCUT2D eigenvalue weighted by Crippen LogP contribution is 2.15. The molecule has 1 fully saturated rings. The maximum atomic E-state index is 13.2. The number of rotatable bonds is 7. The lowest BCUT2D eigenvalue weighted by atomic mass is 10.1. The molecule has 0 aliphatic carbocycles. The quantitative estimate of drug-likeness (QED) is 0.372. The first-order valence-electron chi connectivity index (χ1n) is 9.12. The van der Waals surface area contributed by atoms with E-state index in [0.29, 0.717) is 5.92 Å². The first-order valence-corrected chi connectivity index (χ1v) is 9.12. The third-order valence-electron chi connectivity index (χ3n) is 4.66. The molecule has 0 saturated carbocycles. The number of nitrogens with zero attached hydrogens (tertiary/aromatic N) is 2. The van der Waals surface area contributed by atoms with E-state index in [-0.39, 0.29) is 29.8 Å². The molecule has 1 atom stereocenters. The van der Waals surface area contributed by atoms with E-state index in [2.05, 4.69) is 29.4 Å². The molecule has 0 bridgehead atoms. The molecular formula is C19H32FIN4. The zero-order valence-electron chi connectivity index (χ0n) is 15.6. The van der Waals surface area contributed by atoms with E-state index in [1.165, 1.54) is 24.6 Å². The standard InChI is InChI=1S/C19H31FN4.HI/c1-4-21-19(23-13-16-9-11-24(5-2)14-16)22-10-8-17-6-7-18(20)12-15(17)3;/h6-7,12,16H,4-5,8-11,13-14H2,1-3H3,(H2,21,22,23);1H. The smallest absolute Gasteiger partial charge is 0.191 e. The minimum Gasteiger partial charge on any atom is -0.357 e. The number of likely N-dealkylation sites (tertiary alicyclic amines) is 1.